The molecule has 0 saturated carbocycles. The van der Waals surface area contributed by atoms with E-state index in [1.807, 2.05) is 53.4 Å². The largest absolute Gasteiger partial charge is 0.340 e. The van der Waals surface area contributed by atoms with Gasteiger partial charge in [0, 0.05) is 34.9 Å². The van der Waals surface area contributed by atoms with Crippen LogP contribution in [0.4, 0.5) is 0 Å². The lowest BCUT2D eigenvalue weighted by molar-refractivity contribution is 0.0730. The summed E-state index contributed by atoms with van der Waals surface area (Å²) < 4.78 is 11.5. The fourth-order valence-corrected chi connectivity index (χ4v) is 4.27. The average molecular weight is 367 g/mol. The number of nitrogens with one attached hydrogen (secondary N) is 1. The number of amides is 1. The lowest BCUT2D eigenvalue weighted by atomic mass is 10.1. The van der Waals surface area contributed by atoms with E-state index in [4.69, 9.17) is 0 Å². The third kappa shape index (κ3) is 3.29. The average Bonchev–Trinajstić information content (AvgIpc) is 3.27. The Labute approximate surface area is 154 Å². The fourth-order valence-electron chi connectivity index (χ4n) is 3.62. The van der Waals surface area contributed by atoms with Gasteiger partial charge >= 0.3 is 0 Å². The summed E-state index contributed by atoms with van der Waals surface area (Å²) in [5, 5.41) is 0. The predicted molar refractivity (Wildman–Crippen MR) is 103 cm³/mol. The van der Waals surface area contributed by atoms with Gasteiger partial charge in [0.2, 0.25) is 0 Å². The summed E-state index contributed by atoms with van der Waals surface area (Å²) in [6.45, 7) is 0.727. The van der Waals surface area contributed by atoms with Crippen molar-refractivity contribution in [1.82, 2.24) is 14.9 Å². The van der Waals surface area contributed by atoms with Crippen LogP contribution in [0.1, 0.15) is 40.6 Å². The van der Waals surface area contributed by atoms with E-state index in [0.29, 0.717) is 11.3 Å². The Morgan fingerprint density at radius 1 is 1.27 bits per heavy atom. The van der Waals surface area contributed by atoms with Crippen molar-refractivity contribution in [2.45, 2.75) is 24.6 Å². The topological polar surface area (TPSA) is 66.1 Å². The van der Waals surface area contributed by atoms with Crippen molar-refractivity contribution in [3.63, 3.8) is 0 Å². The Morgan fingerprint density at radius 2 is 2.12 bits per heavy atom. The minimum absolute atomic E-state index is 0.0108. The van der Waals surface area contributed by atoms with Crippen molar-refractivity contribution in [1.29, 1.82) is 0 Å². The third-order valence-corrected chi connectivity index (χ3v) is 5.52. The number of likely N-dealkylation sites (tertiary alicyclic amines) is 1. The van der Waals surface area contributed by atoms with Gasteiger partial charge in [-0.2, -0.15) is 0 Å². The number of aromatic amines is 1. The maximum atomic E-state index is 13.1. The summed E-state index contributed by atoms with van der Waals surface area (Å²) >= 11 is 0. The molecule has 1 amide bonds. The number of aromatic nitrogens is 2. The standard InChI is InChI=1S/C20H21N3O2S/c1-26(25)13-14-6-4-7-15(12-14)20(24)23-11-5-10-18(23)19-21-16-8-2-3-9-17(16)22-19/h2-4,6-9,12,18H,5,10-11,13H2,1H3,(H,21,22)/t18-,26-/m1/s1. The molecule has 4 rings (SSSR count). The van der Waals surface area contributed by atoms with E-state index in [0.717, 1.165) is 41.8 Å². The number of H-pyrrole nitrogens is 1. The quantitative estimate of drug-likeness (QED) is 0.768. The van der Waals surface area contributed by atoms with Gasteiger partial charge in [-0.3, -0.25) is 9.00 Å². The summed E-state index contributed by atoms with van der Waals surface area (Å²) in [7, 11) is -0.926. The first-order chi connectivity index (χ1) is 12.6. The second-order valence-corrected chi connectivity index (χ2v) is 8.15. The van der Waals surface area contributed by atoms with Gasteiger partial charge in [0.05, 0.1) is 17.1 Å². The molecule has 134 valence electrons. The molecule has 3 aromatic rings. The molecule has 26 heavy (non-hydrogen) atoms. The predicted octanol–water partition coefficient (Wildman–Crippen LogP) is 3.42. The highest BCUT2D eigenvalue weighted by Gasteiger charge is 2.32. The molecule has 1 aromatic heterocycles. The molecule has 0 radical (unpaired) electrons. The van der Waals surface area contributed by atoms with Crippen LogP contribution in [0.3, 0.4) is 0 Å². The van der Waals surface area contributed by atoms with Gasteiger partial charge in [0.25, 0.3) is 5.91 Å². The van der Waals surface area contributed by atoms with Crippen LogP contribution in [0.25, 0.3) is 11.0 Å². The van der Waals surface area contributed by atoms with E-state index in [1.54, 1.807) is 6.26 Å². The number of rotatable bonds is 4. The number of para-hydroxylation sites is 2. The second-order valence-electron chi connectivity index (χ2n) is 6.71. The monoisotopic (exact) mass is 367 g/mol. The highest BCUT2D eigenvalue weighted by molar-refractivity contribution is 7.83. The molecule has 1 saturated heterocycles. The highest BCUT2D eigenvalue weighted by atomic mass is 32.2. The minimum atomic E-state index is -0.926. The first-order valence-electron chi connectivity index (χ1n) is 8.76. The molecule has 1 aliphatic rings. The molecule has 0 aliphatic carbocycles. The van der Waals surface area contributed by atoms with Crippen LogP contribution in [0, 0.1) is 0 Å². The molecule has 1 N–H and O–H groups in total. The molecule has 2 atom stereocenters. The molecule has 0 spiro atoms. The Hall–Kier alpha value is -2.47. The van der Waals surface area contributed by atoms with Crippen LogP contribution in [0.5, 0.6) is 0 Å². The van der Waals surface area contributed by atoms with Gasteiger partial charge in [-0.25, -0.2) is 4.98 Å². The van der Waals surface area contributed by atoms with Gasteiger partial charge in [-0.05, 0) is 42.7 Å². The third-order valence-electron chi connectivity index (χ3n) is 4.78. The van der Waals surface area contributed by atoms with Crippen LogP contribution in [-0.2, 0) is 16.6 Å². The molecule has 1 aliphatic heterocycles. The van der Waals surface area contributed by atoms with Crippen molar-refractivity contribution in [2.75, 3.05) is 12.8 Å². The summed E-state index contributed by atoms with van der Waals surface area (Å²) in [6.07, 6.45) is 3.54. The number of hydrogen-bond acceptors (Lipinski definition) is 3. The van der Waals surface area contributed by atoms with E-state index in [-0.39, 0.29) is 11.9 Å². The molecule has 6 heteroatoms. The lowest BCUT2D eigenvalue weighted by Crippen LogP contribution is -2.31. The summed E-state index contributed by atoms with van der Waals surface area (Å²) in [4.78, 5) is 23.0. The normalized spacial score (nSPS) is 18.3. The molecule has 0 unspecified atom stereocenters. The van der Waals surface area contributed by atoms with Gasteiger partial charge in [0.1, 0.15) is 5.82 Å². The number of carbonyl (C=O) groups is 1. The molecule has 2 aromatic carbocycles. The van der Waals surface area contributed by atoms with Crippen LogP contribution < -0.4 is 0 Å². The van der Waals surface area contributed by atoms with Gasteiger partial charge in [0.15, 0.2) is 0 Å². The zero-order chi connectivity index (χ0) is 18.1. The van der Waals surface area contributed by atoms with E-state index in [1.165, 1.54) is 0 Å². The van der Waals surface area contributed by atoms with Crippen molar-refractivity contribution in [3.8, 4) is 0 Å². The van der Waals surface area contributed by atoms with Crippen molar-refractivity contribution in [2.24, 2.45) is 0 Å². The van der Waals surface area contributed by atoms with E-state index < -0.39 is 10.8 Å². The van der Waals surface area contributed by atoms with Crippen molar-refractivity contribution < 1.29 is 9.00 Å². The van der Waals surface area contributed by atoms with Crippen LogP contribution >= 0.6 is 0 Å². The fraction of sp³-hybridized carbons (Fsp3) is 0.300. The Bertz CT molecular complexity index is 949. The number of hydrogen-bond donors (Lipinski definition) is 1. The molecule has 1 fully saturated rings. The van der Waals surface area contributed by atoms with Crippen molar-refractivity contribution in [3.05, 3.63) is 65.5 Å². The Morgan fingerprint density at radius 3 is 2.92 bits per heavy atom. The lowest BCUT2D eigenvalue weighted by Gasteiger charge is -2.23. The van der Waals surface area contributed by atoms with Gasteiger partial charge in [-0.15, -0.1) is 0 Å². The van der Waals surface area contributed by atoms with Gasteiger partial charge < -0.3 is 9.88 Å². The van der Waals surface area contributed by atoms with Crippen LogP contribution in [0.2, 0.25) is 0 Å². The first-order valence-corrected chi connectivity index (χ1v) is 10.5. The van der Waals surface area contributed by atoms with E-state index >= 15 is 0 Å². The SMILES string of the molecule is C[S@@](=O)Cc1cccc(C(=O)N2CCC[C@@H]2c2nc3ccccc3[nH]2)c1. The smallest absolute Gasteiger partial charge is 0.254 e. The highest BCUT2D eigenvalue weighted by Crippen LogP contribution is 2.32. The molecule has 0 bridgehead atoms. The summed E-state index contributed by atoms with van der Waals surface area (Å²) in [5.41, 5.74) is 3.50. The molecule has 5 nitrogen and oxygen atoms in total. The van der Waals surface area contributed by atoms with Crippen LogP contribution in [0.15, 0.2) is 48.5 Å². The number of imidazole rings is 1. The molecular formula is C20H21N3O2S. The summed E-state index contributed by atoms with van der Waals surface area (Å²) in [6, 6.07) is 15.4. The molecular weight excluding hydrogens is 346 g/mol. The second kappa shape index (κ2) is 7.03. The number of fused-ring (bicyclic) bond motifs is 1. The maximum Gasteiger partial charge on any atom is 0.254 e. The Balaban J connectivity index is 1.61. The zero-order valence-electron chi connectivity index (χ0n) is 14.6. The Kier molecular flexibility index (Phi) is 4.59. The number of nitrogens with zero attached hydrogens (tertiary/aromatic N) is 2. The minimum Gasteiger partial charge on any atom is -0.340 e. The summed E-state index contributed by atoms with van der Waals surface area (Å²) in [5.74, 6) is 1.33. The zero-order valence-corrected chi connectivity index (χ0v) is 15.5. The van der Waals surface area contributed by atoms with Crippen LogP contribution in [-0.4, -0.2) is 37.8 Å². The van der Waals surface area contributed by atoms with Crippen molar-refractivity contribution >= 4 is 27.7 Å². The first kappa shape index (κ1) is 17.0. The number of benzene rings is 2. The molecule has 2 heterocycles. The maximum absolute atomic E-state index is 13.1. The number of carbonyl (C=O) groups excluding carboxylic acids is 1. The van der Waals surface area contributed by atoms with Gasteiger partial charge in [-0.1, -0.05) is 24.3 Å². The van der Waals surface area contributed by atoms with E-state index in [9.17, 15) is 9.00 Å². The van der Waals surface area contributed by atoms with E-state index in [2.05, 4.69) is 9.97 Å².